The molecule has 0 aliphatic heterocycles. The molecule has 0 fully saturated rings. The molecule has 3 nitrogen and oxygen atoms in total. The van der Waals surface area contributed by atoms with Gasteiger partial charge in [-0.3, -0.25) is 0 Å². The van der Waals surface area contributed by atoms with Crippen molar-refractivity contribution in [1.29, 1.82) is 0 Å². The van der Waals surface area contributed by atoms with Crippen molar-refractivity contribution in [3.8, 4) is 67.7 Å². The predicted octanol–water partition coefficient (Wildman–Crippen LogP) is 10.9. The van der Waals surface area contributed by atoms with E-state index in [1.807, 2.05) is 91.0 Å². The maximum absolute atomic E-state index is 7.72. The van der Waals surface area contributed by atoms with Gasteiger partial charge in [-0.15, -0.1) is 0 Å². The van der Waals surface area contributed by atoms with Crippen LogP contribution in [0.15, 0.2) is 164 Å². The van der Waals surface area contributed by atoms with E-state index in [1.165, 1.54) is 11.1 Å². The van der Waals surface area contributed by atoms with Crippen LogP contribution in [0.3, 0.4) is 0 Å². The van der Waals surface area contributed by atoms with Crippen molar-refractivity contribution >= 4 is 0 Å². The van der Waals surface area contributed by atoms with Crippen LogP contribution >= 0.6 is 0 Å². The van der Waals surface area contributed by atoms with Gasteiger partial charge in [-0.2, -0.15) is 0 Å². The molecule has 44 heavy (non-hydrogen) atoms. The number of hydrogen-bond acceptors (Lipinski definition) is 3. The van der Waals surface area contributed by atoms with Gasteiger partial charge in [-0.25, -0.2) is 9.97 Å². The summed E-state index contributed by atoms with van der Waals surface area (Å²) < 4.78 is 29.5. The SMILES string of the molecule is [2H]C([2H])([2H])c1ccc(-c2cc(Oc3cccc(-c4cccc(-c5ccc(-c6ccccc6)cc5)c4)n3)nc(-c3ccccc3)c2)cc1. The zero-order chi connectivity index (χ0) is 32.2. The first-order valence-electron chi connectivity index (χ1n) is 16.0. The van der Waals surface area contributed by atoms with Gasteiger partial charge in [0.2, 0.25) is 11.8 Å². The van der Waals surface area contributed by atoms with Crippen LogP contribution in [0.2, 0.25) is 0 Å². The number of aryl methyl sites for hydroxylation is 1. The van der Waals surface area contributed by atoms with Crippen molar-refractivity contribution in [2.45, 2.75) is 6.85 Å². The Kier molecular flexibility index (Phi) is 6.58. The molecule has 0 unspecified atom stereocenters. The Balaban J connectivity index is 1.18. The Bertz CT molecular complexity index is 2130. The molecule has 0 saturated carbocycles. The minimum absolute atomic E-state index is 0.296. The minimum Gasteiger partial charge on any atom is -0.421 e. The van der Waals surface area contributed by atoms with Gasteiger partial charge in [-0.05, 0) is 58.4 Å². The van der Waals surface area contributed by atoms with Crippen LogP contribution in [0.25, 0.3) is 55.9 Å². The van der Waals surface area contributed by atoms with Crippen LogP contribution in [0.1, 0.15) is 9.68 Å². The second-order valence-electron chi connectivity index (χ2n) is 10.5. The van der Waals surface area contributed by atoms with Gasteiger partial charge in [0.25, 0.3) is 0 Å². The molecule has 0 atom stereocenters. The molecule has 0 aliphatic rings. The highest BCUT2D eigenvalue weighted by molar-refractivity contribution is 5.75. The van der Waals surface area contributed by atoms with E-state index >= 15 is 0 Å². The standard InChI is InChI=1S/C41H30N2O/c1-29-18-20-33(21-19-29)37-27-39(34-12-6-3-7-13-34)43-41(28-37)44-40-17-9-16-38(42-40)36-15-8-14-35(26-36)32-24-22-31(23-25-32)30-10-4-2-5-11-30/h2-28H,1H3/i1D3. The minimum atomic E-state index is -2.16. The summed E-state index contributed by atoms with van der Waals surface area (Å²) in [4.78, 5) is 9.66. The van der Waals surface area contributed by atoms with E-state index in [4.69, 9.17) is 18.8 Å². The third kappa shape index (κ3) is 6.04. The number of rotatable bonds is 7. The summed E-state index contributed by atoms with van der Waals surface area (Å²) in [5, 5.41) is 0. The molecule has 0 saturated heterocycles. The van der Waals surface area contributed by atoms with E-state index in [1.54, 1.807) is 12.1 Å². The van der Waals surface area contributed by atoms with Crippen molar-refractivity contribution < 1.29 is 8.85 Å². The summed E-state index contributed by atoms with van der Waals surface area (Å²) >= 11 is 0. The van der Waals surface area contributed by atoms with Crippen LogP contribution in [0.5, 0.6) is 11.8 Å². The van der Waals surface area contributed by atoms with Crippen molar-refractivity contribution in [2.75, 3.05) is 0 Å². The third-order valence-electron chi connectivity index (χ3n) is 7.51. The lowest BCUT2D eigenvalue weighted by Crippen LogP contribution is -1.95. The Labute approximate surface area is 262 Å². The molecule has 0 spiro atoms. The van der Waals surface area contributed by atoms with Gasteiger partial charge in [0.05, 0.1) is 11.4 Å². The number of nitrogens with zero attached hydrogens (tertiary/aromatic N) is 2. The summed E-state index contributed by atoms with van der Waals surface area (Å²) in [5.74, 6) is 0.805. The lowest BCUT2D eigenvalue weighted by molar-refractivity contribution is 0.446. The normalized spacial score (nSPS) is 12.1. The van der Waals surface area contributed by atoms with Crippen molar-refractivity contribution in [2.24, 2.45) is 0 Å². The van der Waals surface area contributed by atoms with Crippen molar-refractivity contribution in [3.63, 3.8) is 0 Å². The number of benzene rings is 5. The van der Waals surface area contributed by atoms with Crippen LogP contribution in [-0.2, 0) is 0 Å². The number of hydrogen-bond donors (Lipinski definition) is 0. The zero-order valence-corrected chi connectivity index (χ0v) is 23.9. The highest BCUT2D eigenvalue weighted by Gasteiger charge is 2.11. The zero-order valence-electron chi connectivity index (χ0n) is 26.9. The average Bonchev–Trinajstić information content (AvgIpc) is 3.12. The van der Waals surface area contributed by atoms with Gasteiger partial charge >= 0.3 is 0 Å². The summed E-state index contributed by atoms with van der Waals surface area (Å²) in [5.41, 5.74) is 10.0. The van der Waals surface area contributed by atoms with E-state index in [0.717, 1.165) is 44.8 Å². The molecule has 2 aromatic heterocycles. The first-order chi connectivity index (χ1) is 22.9. The lowest BCUT2D eigenvalue weighted by atomic mass is 9.98. The Morgan fingerprint density at radius 3 is 1.66 bits per heavy atom. The molecule has 7 rings (SSSR count). The van der Waals surface area contributed by atoms with E-state index in [2.05, 4.69) is 60.7 Å². The summed E-state index contributed by atoms with van der Waals surface area (Å²) in [6, 6.07) is 53.6. The molecule has 0 radical (unpaired) electrons. The van der Waals surface area contributed by atoms with Crippen molar-refractivity contribution in [1.82, 2.24) is 9.97 Å². The number of aromatic nitrogens is 2. The molecule has 0 bridgehead atoms. The summed E-state index contributed by atoms with van der Waals surface area (Å²) in [7, 11) is 0. The average molecular weight is 570 g/mol. The highest BCUT2D eigenvalue weighted by Crippen LogP contribution is 2.32. The molecule has 0 aliphatic carbocycles. The van der Waals surface area contributed by atoms with Crippen molar-refractivity contribution in [3.05, 3.63) is 169 Å². The fourth-order valence-electron chi connectivity index (χ4n) is 5.23. The molecular formula is C41H30N2O. The fraction of sp³-hybridized carbons (Fsp3) is 0.0244. The molecule has 210 valence electrons. The van der Waals surface area contributed by atoms with Gasteiger partial charge < -0.3 is 4.74 Å². The van der Waals surface area contributed by atoms with Crippen LogP contribution < -0.4 is 4.74 Å². The largest absolute Gasteiger partial charge is 0.421 e. The molecule has 0 N–H and O–H groups in total. The first-order valence-corrected chi connectivity index (χ1v) is 14.5. The second kappa shape index (κ2) is 12.2. The number of pyridine rings is 2. The van der Waals surface area contributed by atoms with E-state index in [-0.39, 0.29) is 0 Å². The molecular weight excluding hydrogens is 536 g/mol. The monoisotopic (exact) mass is 569 g/mol. The Morgan fingerprint density at radius 1 is 0.386 bits per heavy atom. The third-order valence-corrected chi connectivity index (χ3v) is 7.51. The predicted molar refractivity (Wildman–Crippen MR) is 180 cm³/mol. The first kappa shape index (κ1) is 23.7. The quantitative estimate of drug-likeness (QED) is 0.191. The Hall–Kier alpha value is -5.80. The van der Waals surface area contributed by atoms with Gasteiger partial charge in [-0.1, -0.05) is 139 Å². The molecule has 3 heteroatoms. The molecule has 7 aromatic rings. The van der Waals surface area contributed by atoms with Gasteiger partial charge in [0.15, 0.2) is 0 Å². The highest BCUT2D eigenvalue weighted by atomic mass is 16.5. The molecule has 2 heterocycles. The maximum atomic E-state index is 7.72. The topological polar surface area (TPSA) is 35.0 Å². The summed E-state index contributed by atoms with van der Waals surface area (Å²) in [6.07, 6.45) is 0. The van der Waals surface area contributed by atoms with Crippen LogP contribution in [0, 0.1) is 6.85 Å². The van der Waals surface area contributed by atoms with E-state index in [9.17, 15) is 0 Å². The molecule has 5 aromatic carbocycles. The van der Waals surface area contributed by atoms with E-state index < -0.39 is 6.85 Å². The summed E-state index contributed by atoms with van der Waals surface area (Å²) in [6.45, 7) is -2.16. The number of ether oxygens (including phenoxy) is 1. The Morgan fingerprint density at radius 2 is 0.932 bits per heavy atom. The lowest BCUT2D eigenvalue weighted by Gasteiger charge is -2.12. The maximum Gasteiger partial charge on any atom is 0.222 e. The van der Waals surface area contributed by atoms with Crippen LogP contribution in [0.4, 0.5) is 0 Å². The smallest absolute Gasteiger partial charge is 0.222 e. The van der Waals surface area contributed by atoms with Crippen LogP contribution in [-0.4, -0.2) is 9.97 Å². The van der Waals surface area contributed by atoms with E-state index in [0.29, 0.717) is 17.3 Å². The van der Waals surface area contributed by atoms with Gasteiger partial charge in [0.1, 0.15) is 0 Å². The molecule has 0 amide bonds. The van der Waals surface area contributed by atoms with Gasteiger partial charge in [0, 0.05) is 27.4 Å². The second-order valence-corrected chi connectivity index (χ2v) is 10.5. The fourth-order valence-corrected chi connectivity index (χ4v) is 5.23.